The standard InChI is InChI=1S/C17H21N3O4/c1-17(2,3)24-16(23)18-14(11-8-6-5-7-9-11)12-10-13(15(21)22)20(4)19-12/h5-10,14H,1-4H3,(H,18,23)(H,21,22). The highest BCUT2D eigenvalue weighted by Crippen LogP contribution is 2.22. The molecule has 0 fully saturated rings. The molecule has 128 valence electrons. The van der Waals surface area contributed by atoms with Gasteiger partial charge in [-0.05, 0) is 32.4 Å². The number of nitrogens with zero attached hydrogens (tertiary/aromatic N) is 2. The number of benzene rings is 1. The van der Waals surface area contributed by atoms with Crippen molar-refractivity contribution in [3.8, 4) is 0 Å². The fraction of sp³-hybridized carbons (Fsp3) is 0.353. The first-order valence-electron chi connectivity index (χ1n) is 7.49. The third kappa shape index (κ3) is 4.34. The van der Waals surface area contributed by atoms with E-state index in [1.807, 2.05) is 30.3 Å². The van der Waals surface area contributed by atoms with Crippen LogP contribution in [-0.2, 0) is 11.8 Å². The molecule has 0 saturated carbocycles. The van der Waals surface area contributed by atoms with E-state index in [0.717, 1.165) is 5.56 Å². The van der Waals surface area contributed by atoms with E-state index in [1.54, 1.807) is 27.8 Å². The number of rotatable bonds is 4. The van der Waals surface area contributed by atoms with Gasteiger partial charge in [-0.1, -0.05) is 30.3 Å². The number of alkyl carbamates (subject to hydrolysis) is 1. The van der Waals surface area contributed by atoms with Gasteiger partial charge in [0.15, 0.2) is 0 Å². The Labute approximate surface area is 140 Å². The summed E-state index contributed by atoms with van der Waals surface area (Å²) in [4.78, 5) is 23.4. The van der Waals surface area contributed by atoms with Crippen molar-refractivity contribution in [2.75, 3.05) is 0 Å². The summed E-state index contributed by atoms with van der Waals surface area (Å²) in [5.41, 5.74) is 0.601. The lowest BCUT2D eigenvalue weighted by Gasteiger charge is -2.23. The predicted octanol–water partition coefficient (Wildman–Crippen LogP) is 2.73. The quantitative estimate of drug-likeness (QED) is 0.898. The van der Waals surface area contributed by atoms with Gasteiger partial charge in [0.25, 0.3) is 0 Å². The molecule has 0 bridgehead atoms. The van der Waals surface area contributed by atoms with Crippen molar-refractivity contribution in [2.45, 2.75) is 32.4 Å². The normalized spacial score (nSPS) is 12.5. The number of aryl methyl sites for hydroxylation is 1. The first-order chi connectivity index (χ1) is 11.2. The number of aromatic carboxylic acids is 1. The number of nitrogens with one attached hydrogen (secondary N) is 1. The maximum atomic E-state index is 12.2. The van der Waals surface area contributed by atoms with Crippen molar-refractivity contribution < 1.29 is 19.4 Å². The molecule has 0 aliphatic heterocycles. The molecule has 0 spiro atoms. The fourth-order valence-corrected chi connectivity index (χ4v) is 2.23. The first-order valence-corrected chi connectivity index (χ1v) is 7.49. The van der Waals surface area contributed by atoms with Gasteiger partial charge in [-0.15, -0.1) is 0 Å². The number of carbonyl (C=O) groups excluding carboxylic acids is 1. The number of hydrogen-bond donors (Lipinski definition) is 2. The molecular weight excluding hydrogens is 310 g/mol. The van der Waals surface area contributed by atoms with E-state index < -0.39 is 23.7 Å². The lowest BCUT2D eigenvalue weighted by molar-refractivity contribution is 0.0510. The van der Waals surface area contributed by atoms with E-state index >= 15 is 0 Å². The number of amides is 1. The van der Waals surface area contributed by atoms with Crippen molar-refractivity contribution in [1.82, 2.24) is 15.1 Å². The molecular formula is C17H21N3O4. The maximum Gasteiger partial charge on any atom is 0.408 e. The van der Waals surface area contributed by atoms with E-state index in [9.17, 15) is 14.7 Å². The number of carbonyl (C=O) groups is 2. The second kappa shape index (κ2) is 6.74. The topological polar surface area (TPSA) is 93.5 Å². The molecule has 0 aliphatic rings. The Balaban J connectivity index is 2.35. The Morgan fingerprint density at radius 1 is 1.25 bits per heavy atom. The van der Waals surface area contributed by atoms with Crippen LogP contribution in [0, 0.1) is 0 Å². The molecule has 1 heterocycles. The van der Waals surface area contributed by atoms with Crippen LogP contribution in [0.15, 0.2) is 36.4 Å². The Morgan fingerprint density at radius 3 is 2.38 bits per heavy atom. The summed E-state index contributed by atoms with van der Waals surface area (Å²) in [6.45, 7) is 5.31. The Kier molecular flexibility index (Phi) is 4.92. The second-order valence-electron chi connectivity index (χ2n) is 6.37. The highest BCUT2D eigenvalue weighted by molar-refractivity contribution is 5.85. The molecule has 0 saturated heterocycles. The van der Waals surface area contributed by atoms with Crippen LogP contribution in [0.5, 0.6) is 0 Å². The Morgan fingerprint density at radius 2 is 1.88 bits per heavy atom. The SMILES string of the molecule is Cn1nc(C(NC(=O)OC(C)(C)C)c2ccccc2)cc1C(=O)O. The van der Waals surface area contributed by atoms with E-state index in [4.69, 9.17) is 4.74 Å². The van der Waals surface area contributed by atoms with E-state index in [2.05, 4.69) is 10.4 Å². The van der Waals surface area contributed by atoms with Gasteiger partial charge in [-0.2, -0.15) is 5.10 Å². The zero-order valence-electron chi connectivity index (χ0n) is 14.1. The zero-order valence-corrected chi connectivity index (χ0v) is 14.1. The summed E-state index contributed by atoms with van der Waals surface area (Å²) in [6, 6.07) is 10.0. The van der Waals surface area contributed by atoms with Crippen LogP contribution in [-0.4, -0.2) is 32.6 Å². The number of ether oxygens (including phenoxy) is 1. The molecule has 2 rings (SSSR count). The van der Waals surface area contributed by atoms with Crippen LogP contribution in [0.1, 0.15) is 48.6 Å². The van der Waals surface area contributed by atoms with Crippen LogP contribution in [0.3, 0.4) is 0 Å². The highest BCUT2D eigenvalue weighted by atomic mass is 16.6. The Bertz CT molecular complexity index is 732. The van der Waals surface area contributed by atoms with E-state index in [0.29, 0.717) is 5.69 Å². The number of hydrogen-bond acceptors (Lipinski definition) is 4. The van der Waals surface area contributed by atoms with Crippen LogP contribution < -0.4 is 5.32 Å². The van der Waals surface area contributed by atoms with Gasteiger partial charge in [-0.3, -0.25) is 4.68 Å². The smallest absolute Gasteiger partial charge is 0.408 e. The van der Waals surface area contributed by atoms with Crippen molar-refractivity contribution >= 4 is 12.1 Å². The minimum absolute atomic E-state index is 0.0388. The lowest BCUT2D eigenvalue weighted by Crippen LogP contribution is -2.35. The van der Waals surface area contributed by atoms with Gasteiger partial charge in [0.1, 0.15) is 17.3 Å². The summed E-state index contributed by atoms with van der Waals surface area (Å²) in [6.07, 6.45) is -0.598. The van der Waals surface area contributed by atoms with Crippen LogP contribution in [0.4, 0.5) is 4.79 Å². The molecule has 1 unspecified atom stereocenters. The minimum Gasteiger partial charge on any atom is -0.477 e. The monoisotopic (exact) mass is 331 g/mol. The molecule has 1 amide bonds. The van der Waals surface area contributed by atoms with E-state index in [-0.39, 0.29) is 5.69 Å². The first kappa shape index (κ1) is 17.5. The van der Waals surface area contributed by atoms with Gasteiger partial charge >= 0.3 is 12.1 Å². The van der Waals surface area contributed by atoms with Crippen LogP contribution >= 0.6 is 0 Å². The number of aromatic nitrogens is 2. The minimum atomic E-state index is -1.08. The molecule has 1 atom stereocenters. The lowest BCUT2D eigenvalue weighted by atomic mass is 10.0. The fourth-order valence-electron chi connectivity index (χ4n) is 2.23. The predicted molar refractivity (Wildman–Crippen MR) is 87.8 cm³/mol. The highest BCUT2D eigenvalue weighted by Gasteiger charge is 2.25. The van der Waals surface area contributed by atoms with Crippen LogP contribution in [0.25, 0.3) is 0 Å². The molecule has 1 aromatic carbocycles. The van der Waals surface area contributed by atoms with Gasteiger partial charge in [-0.25, -0.2) is 9.59 Å². The third-order valence-electron chi connectivity index (χ3n) is 3.21. The van der Waals surface area contributed by atoms with Gasteiger partial charge in [0.05, 0.1) is 5.69 Å². The van der Waals surface area contributed by atoms with Crippen molar-refractivity contribution in [1.29, 1.82) is 0 Å². The van der Waals surface area contributed by atoms with E-state index in [1.165, 1.54) is 10.7 Å². The summed E-state index contributed by atoms with van der Waals surface area (Å²) < 4.78 is 6.56. The summed E-state index contributed by atoms with van der Waals surface area (Å²) in [7, 11) is 1.54. The molecule has 7 nitrogen and oxygen atoms in total. The third-order valence-corrected chi connectivity index (χ3v) is 3.21. The van der Waals surface area contributed by atoms with Gasteiger partial charge < -0.3 is 15.2 Å². The van der Waals surface area contributed by atoms with Crippen LogP contribution in [0.2, 0.25) is 0 Å². The largest absolute Gasteiger partial charge is 0.477 e. The molecule has 2 N–H and O–H groups in total. The zero-order chi connectivity index (χ0) is 17.9. The molecule has 0 radical (unpaired) electrons. The van der Waals surface area contributed by atoms with Crippen molar-refractivity contribution in [3.63, 3.8) is 0 Å². The molecule has 7 heteroatoms. The summed E-state index contributed by atoms with van der Waals surface area (Å²) in [5, 5.41) is 16.2. The number of carboxylic acid groups (broad SMARTS) is 1. The Hall–Kier alpha value is -2.83. The average molecular weight is 331 g/mol. The van der Waals surface area contributed by atoms with Gasteiger partial charge in [0, 0.05) is 7.05 Å². The second-order valence-corrected chi connectivity index (χ2v) is 6.37. The number of carboxylic acids is 1. The van der Waals surface area contributed by atoms with Gasteiger partial charge in [0.2, 0.25) is 0 Å². The molecule has 1 aromatic heterocycles. The molecule has 2 aromatic rings. The van der Waals surface area contributed by atoms with Crippen molar-refractivity contribution in [2.24, 2.45) is 7.05 Å². The molecule has 0 aliphatic carbocycles. The maximum absolute atomic E-state index is 12.2. The summed E-state index contributed by atoms with van der Waals surface area (Å²) >= 11 is 0. The van der Waals surface area contributed by atoms with Crippen molar-refractivity contribution in [3.05, 3.63) is 53.3 Å². The average Bonchev–Trinajstić information content (AvgIpc) is 2.86. The summed E-state index contributed by atoms with van der Waals surface area (Å²) in [5.74, 6) is -1.08. The molecule has 24 heavy (non-hydrogen) atoms.